The Morgan fingerprint density at radius 3 is 2.52 bits per heavy atom. The number of benzene rings is 1. The van der Waals surface area contributed by atoms with Crippen molar-refractivity contribution in [3.8, 4) is 5.75 Å². The van der Waals surface area contributed by atoms with Crippen molar-refractivity contribution >= 4 is 0 Å². The summed E-state index contributed by atoms with van der Waals surface area (Å²) in [6.07, 6.45) is 4.67. The Bertz CT molecular complexity index is 838. The first kappa shape index (κ1) is 18.3. The predicted octanol–water partition coefficient (Wildman–Crippen LogP) is 3.10. The minimum atomic E-state index is -0.285. The van der Waals surface area contributed by atoms with Gasteiger partial charge in [0.1, 0.15) is 0 Å². The van der Waals surface area contributed by atoms with Crippen LogP contribution in [0.5, 0.6) is 5.75 Å². The van der Waals surface area contributed by atoms with Crippen molar-refractivity contribution in [2.75, 3.05) is 19.8 Å². The number of aromatic hydroxyl groups is 1. The normalized spacial score (nSPS) is 21.1. The van der Waals surface area contributed by atoms with Crippen molar-refractivity contribution in [3.05, 3.63) is 63.6 Å². The third-order valence-corrected chi connectivity index (χ3v) is 6.00. The van der Waals surface area contributed by atoms with Crippen LogP contribution in [-0.2, 0) is 24.2 Å². The van der Waals surface area contributed by atoms with Crippen LogP contribution in [0.4, 0.5) is 0 Å². The number of nitrogens with zero attached hydrogens (tertiary/aromatic N) is 2. The molecule has 1 saturated heterocycles. The zero-order chi connectivity index (χ0) is 18.8. The highest BCUT2D eigenvalue weighted by atomic mass is 16.5. The molecule has 144 valence electrons. The number of pyridine rings is 1. The Hall–Kier alpha value is -2.11. The molecule has 2 aromatic rings. The lowest BCUT2D eigenvalue weighted by molar-refractivity contribution is 0.0112. The van der Waals surface area contributed by atoms with E-state index in [9.17, 15) is 9.90 Å². The molecule has 0 radical (unpaired) electrons. The lowest BCUT2D eigenvalue weighted by Gasteiger charge is -2.43. The van der Waals surface area contributed by atoms with Crippen molar-refractivity contribution in [1.82, 2.24) is 9.47 Å². The van der Waals surface area contributed by atoms with E-state index in [1.165, 1.54) is 11.1 Å². The summed E-state index contributed by atoms with van der Waals surface area (Å²) in [5, 5.41) is 9.86. The fraction of sp³-hybridized carbons (Fsp3) is 0.500. The van der Waals surface area contributed by atoms with Crippen LogP contribution in [0.3, 0.4) is 0 Å². The van der Waals surface area contributed by atoms with Gasteiger partial charge in [-0.15, -0.1) is 0 Å². The monoisotopic (exact) mass is 368 g/mol. The summed E-state index contributed by atoms with van der Waals surface area (Å²) >= 11 is 0. The van der Waals surface area contributed by atoms with Gasteiger partial charge < -0.3 is 14.4 Å². The van der Waals surface area contributed by atoms with E-state index in [4.69, 9.17) is 4.74 Å². The first-order valence-electron chi connectivity index (χ1n) is 9.98. The summed E-state index contributed by atoms with van der Waals surface area (Å²) in [5.41, 5.74) is 3.40. The van der Waals surface area contributed by atoms with Gasteiger partial charge >= 0.3 is 0 Å². The second-order valence-corrected chi connectivity index (χ2v) is 7.68. The van der Waals surface area contributed by atoms with Gasteiger partial charge in [0.15, 0.2) is 5.75 Å². The van der Waals surface area contributed by atoms with Gasteiger partial charge in [-0.25, -0.2) is 0 Å². The fourth-order valence-electron chi connectivity index (χ4n) is 4.45. The van der Waals surface area contributed by atoms with E-state index in [-0.39, 0.29) is 17.2 Å². The summed E-state index contributed by atoms with van der Waals surface area (Å²) < 4.78 is 7.64. The fourth-order valence-corrected chi connectivity index (χ4v) is 4.45. The van der Waals surface area contributed by atoms with Crippen LogP contribution >= 0.6 is 0 Å². The van der Waals surface area contributed by atoms with Gasteiger partial charge in [0, 0.05) is 44.6 Å². The molecule has 1 aromatic carbocycles. The zero-order valence-corrected chi connectivity index (χ0v) is 15.9. The van der Waals surface area contributed by atoms with E-state index < -0.39 is 0 Å². The number of rotatable bonds is 4. The van der Waals surface area contributed by atoms with Crippen LogP contribution in [0, 0.1) is 5.92 Å². The molecule has 1 aromatic heterocycles. The van der Waals surface area contributed by atoms with E-state index in [0.717, 1.165) is 57.8 Å². The Morgan fingerprint density at radius 2 is 1.81 bits per heavy atom. The molecule has 2 aliphatic rings. The molecule has 1 N–H and O–H groups in total. The van der Waals surface area contributed by atoms with Gasteiger partial charge in [0.05, 0.1) is 12.2 Å². The maximum Gasteiger partial charge on any atom is 0.223 e. The average molecular weight is 368 g/mol. The molecule has 0 amide bonds. The van der Waals surface area contributed by atoms with E-state index >= 15 is 0 Å². The highest BCUT2D eigenvalue weighted by molar-refractivity contribution is 5.26. The SMILES string of the molecule is CCc1ccc(CN2CCn3cc(O)c(=O)cc3[C@@H]2C2CCOCC2)cc1. The number of hydrogen-bond acceptors (Lipinski definition) is 4. The largest absolute Gasteiger partial charge is 0.503 e. The molecule has 4 rings (SSSR count). The molecule has 1 fully saturated rings. The lowest BCUT2D eigenvalue weighted by Crippen LogP contribution is -2.43. The molecule has 1 atom stereocenters. The third kappa shape index (κ3) is 3.80. The molecule has 0 spiro atoms. The molecule has 5 heteroatoms. The van der Waals surface area contributed by atoms with Gasteiger partial charge in [0.25, 0.3) is 0 Å². The molecular formula is C22H28N2O3. The van der Waals surface area contributed by atoms with E-state index in [2.05, 4.69) is 40.7 Å². The maximum atomic E-state index is 12.1. The molecule has 0 bridgehead atoms. The molecule has 5 nitrogen and oxygen atoms in total. The minimum absolute atomic E-state index is 0.159. The van der Waals surface area contributed by atoms with Crippen LogP contribution in [0.2, 0.25) is 0 Å². The van der Waals surface area contributed by atoms with Gasteiger partial charge in [0.2, 0.25) is 5.43 Å². The second-order valence-electron chi connectivity index (χ2n) is 7.68. The molecule has 2 aliphatic heterocycles. The number of fused-ring (bicyclic) bond motifs is 1. The van der Waals surface area contributed by atoms with Gasteiger partial charge in [-0.1, -0.05) is 31.2 Å². The van der Waals surface area contributed by atoms with Crippen LogP contribution < -0.4 is 5.43 Å². The first-order chi connectivity index (χ1) is 13.2. The summed E-state index contributed by atoms with van der Waals surface area (Å²) in [4.78, 5) is 14.7. The second kappa shape index (κ2) is 7.87. The van der Waals surface area contributed by atoms with Crippen LogP contribution in [0.1, 0.15) is 42.6 Å². The van der Waals surface area contributed by atoms with Gasteiger partial charge in [-0.05, 0) is 36.3 Å². The predicted molar refractivity (Wildman–Crippen MR) is 105 cm³/mol. The third-order valence-electron chi connectivity index (χ3n) is 6.00. The maximum absolute atomic E-state index is 12.1. The standard InChI is InChI=1S/C22H28N2O3/c1-2-16-3-5-17(6-4-16)14-24-10-9-23-15-21(26)20(25)13-19(23)22(24)18-7-11-27-12-8-18/h3-6,13,15,18,22,26H,2,7-12,14H2,1H3/t22-/m0/s1. The molecule has 0 saturated carbocycles. The Kier molecular flexibility index (Phi) is 5.32. The van der Waals surface area contributed by atoms with Crippen LogP contribution in [0.15, 0.2) is 41.3 Å². The van der Waals surface area contributed by atoms with E-state index in [1.807, 2.05) is 0 Å². The van der Waals surface area contributed by atoms with Crippen molar-refractivity contribution in [2.45, 2.75) is 45.3 Å². The molecular weight excluding hydrogens is 340 g/mol. The zero-order valence-electron chi connectivity index (χ0n) is 15.9. The summed E-state index contributed by atoms with van der Waals surface area (Å²) in [7, 11) is 0. The smallest absolute Gasteiger partial charge is 0.223 e. The Labute approximate surface area is 160 Å². The quantitative estimate of drug-likeness (QED) is 0.901. The van der Waals surface area contributed by atoms with E-state index in [1.54, 1.807) is 12.3 Å². The summed E-state index contributed by atoms with van der Waals surface area (Å²) in [5.74, 6) is 0.303. The highest BCUT2D eigenvalue weighted by Gasteiger charge is 2.35. The summed E-state index contributed by atoms with van der Waals surface area (Å²) in [6, 6.07) is 10.7. The van der Waals surface area contributed by atoms with Crippen molar-refractivity contribution in [2.24, 2.45) is 5.92 Å². The lowest BCUT2D eigenvalue weighted by atomic mass is 9.86. The number of hydrogen-bond donors (Lipinski definition) is 1. The van der Waals surface area contributed by atoms with Crippen molar-refractivity contribution in [1.29, 1.82) is 0 Å². The Morgan fingerprint density at radius 1 is 1.11 bits per heavy atom. The average Bonchev–Trinajstić information content (AvgIpc) is 2.70. The first-order valence-corrected chi connectivity index (χ1v) is 9.98. The van der Waals surface area contributed by atoms with Crippen LogP contribution in [0.25, 0.3) is 0 Å². The van der Waals surface area contributed by atoms with Gasteiger partial charge in [-0.2, -0.15) is 0 Å². The number of ether oxygens (including phenoxy) is 1. The van der Waals surface area contributed by atoms with Crippen molar-refractivity contribution < 1.29 is 9.84 Å². The van der Waals surface area contributed by atoms with Gasteiger partial charge in [-0.3, -0.25) is 9.69 Å². The number of aromatic nitrogens is 1. The molecule has 27 heavy (non-hydrogen) atoms. The van der Waals surface area contributed by atoms with E-state index in [0.29, 0.717) is 5.92 Å². The topological polar surface area (TPSA) is 54.7 Å². The van der Waals surface area contributed by atoms with Crippen molar-refractivity contribution in [3.63, 3.8) is 0 Å². The molecule has 0 aliphatic carbocycles. The number of aryl methyl sites for hydroxylation is 1. The Balaban J connectivity index is 1.66. The molecule has 0 unspecified atom stereocenters. The van der Waals surface area contributed by atoms with Crippen LogP contribution in [-0.4, -0.2) is 34.3 Å². The molecule has 3 heterocycles. The minimum Gasteiger partial charge on any atom is -0.503 e. The summed E-state index contributed by atoms with van der Waals surface area (Å²) in [6.45, 7) is 6.31. The highest BCUT2D eigenvalue weighted by Crippen LogP contribution is 2.38.